The molecule has 0 fully saturated rings. The first-order chi connectivity index (χ1) is 9.56. The van der Waals surface area contributed by atoms with Crippen LogP contribution < -0.4 is 5.32 Å². The molecule has 1 atom stereocenters. The topological polar surface area (TPSA) is 29.1 Å². The van der Waals surface area contributed by atoms with Crippen molar-refractivity contribution in [2.75, 3.05) is 5.32 Å². The lowest BCUT2D eigenvalue weighted by Crippen LogP contribution is -2.15. The molecule has 4 heteroatoms. The van der Waals surface area contributed by atoms with Gasteiger partial charge in [-0.05, 0) is 29.7 Å². The standard InChI is InChI=1S/C16H15ClFNO/c1-11(12-5-3-2-4-6-12)9-16(20)19-15-8-7-13(17)10-14(15)18/h2-8,10-11H,9H2,1H3,(H,19,20)/t11-/m1/s1. The molecular weight excluding hydrogens is 277 g/mol. The van der Waals surface area contributed by atoms with Gasteiger partial charge >= 0.3 is 0 Å². The Labute approximate surface area is 122 Å². The highest BCUT2D eigenvalue weighted by Gasteiger charge is 2.12. The summed E-state index contributed by atoms with van der Waals surface area (Å²) in [7, 11) is 0. The first-order valence-corrected chi connectivity index (χ1v) is 6.74. The summed E-state index contributed by atoms with van der Waals surface area (Å²) in [6.45, 7) is 1.97. The largest absolute Gasteiger partial charge is 0.324 e. The lowest BCUT2D eigenvalue weighted by Gasteiger charge is -2.12. The van der Waals surface area contributed by atoms with Gasteiger partial charge in [-0.25, -0.2) is 4.39 Å². The van der Waals surface area contributed by atoms with Crippen molar-refractivity contribution >= 4 is 23.2 Å². The van der Waals surface area contributed by atoms with E-state index in [0.717, 1.165) is 5.56 Å². The van der Waals surface area contributed by atoms with Gasteiger partial charge in [-0.1, -0.05) is 48.9 Å². The molecule has 0 heterocycles. The molecule has 2 aromatic carbocycles. The predicted molar refractivity (Wildman–Crippen MR) is 79.5 cm³/mol. The van der Waals surface area contributed by atoms with Crippen LogP contribution in [0.4, 0.5) is 10.1 Å². The van der Waals surface area contributed by atoms with Crippen LogP contribution in [0.5, 0.6) is 0 Å². The number of amides is 1. The van der Waals surface area contributed by atoms with Gasteiger partial charge in [0.25, 0.3) is 0 Å². The van der Waals surface area contributed by atoms with Gasteiger partial charge in [0.1, 0.15) is 5.82 Å². The van der Waals surface area contributed by atoms with Gasteiger partial charge in [-0.3, -0.25) is 4.79 Å². The maximum atomic E-state index is 13.6. The van der Waals surface area contributed by atoms with Crippen LogP contribution in [0.15, 0.2) is 48.5 Å². The monoisotopic (exact) mass is 291 g/mol. The molecule has 0 radical (unpaired) electrons. The third-order valence-corrected chi connectivity index (χ3v) is 3.30. The van der Waals surface area contributed by atoms with E-state index >= 15 is 0 Å². The Morgan fingerprint density at radius 3 is 2.60 bits per heavy atom. The average molecular weight is 292 g/mol. The second-order valence-electron chi connectivity index (χ2n) is 4.69. The number of halogens is 2. The summed E-state index contributed by atoms with van der Waals surface area (Å²) >= 11 is 5.67. The fourth-order valence-corrected chi connectivity index (χ4v) is 2.13. The normalized spacial score (nSPS) is 11.9. The molecular formula is C16H15ClFNO. The molecule has 0 unspecified atom stereocenters. The first kappa shape index (κ1) is 14.5. The minimum Gasteiger partial charge on any atom is -0.324 e. The maximum Gasteiger partial charge on any atom is 0.225 e. The Morgan fingerprint density at radius 1 is 1.25 bits per heavy atom. The SMILES string of the molecule is C[C@H](CC(=O)Nc1ccc(Cl)cc1F)c1ccccc1. The highest BCUT2D eigenvalue weighted by molar-refractivity contribution is 6.30. The van der Waals surface area contributed by atoms with Crippen molar-refractivity contribution in [1.82, 2.24) is 0 Å². The molecule has 0 saturated heterocycles. The van der Waals surface area contributed by atoms with Crippen LogP contribution in [0.2, 0.25) is 5.02 Å². The second-order valence-corrected chi connectivity index (χ2v) is 5.12. The number of nitrogens with one attached hydrogen (secondary N) is 1. The molecule has 0 saturated carbocycles. The molecule has 0 spiro atoms. The van der Waals surface area contributed by atoms with Crippen LogP contribution >= 0.6 is 11.6 Å². The number of hydrogen-bond donors (Lipinski definition) is 1. The Hall–Kier alpha value is -1.87. The highest BCUT2D eigenvalue weighted by atomic mass is 35.5. The molecule has 104 valence electrons. The van der Waals surface area contributed by atoms with Crippen molar-refractivity contribution in [2.24, 2.45) is 0 Å². The molecule has 1 amide bonds. The van der Waals surface area contributed by atoms with E-state index in [1.54, 1.807) is 6.07 Å². The van der Waals surface area contributed by atoms with Gasteiger partial charge < -0.3 is 5.32 Å². The van der Waals surface area contributed by atoms with Gasteiger partial charge in [0.15, 0.2) is 0 Å². The third kappa shape index (κ3) is 3.81. The predicted octanol–water partition coefficient (Wildman–Crippen LogP) is 4.61. The maximum absolute atomic E-state index is 13.6. The smallest absolute Gasteiger partial charge is 0.225 e. The number of benzene rings is 2. The van der Waals surface area contributed by atoms with E-state index in [4.69, 9.17) is 11.6 Å². The van der Waals surface area contributed by atoms with Gasteiger partial charge in [-0.2, -0.15) is 0 Å². The van der Waals surface area contributed by atoms with Crippen molar-refractivity contribution in [3.05, 3.63) is 64.9 Å². The number of rotatable bonds is 4. The van der Waals surface area contributed by atoms with Crippen molar-refractivity contribution < 1.29 is 9.18 Å². The first-order valence-electron chi connectivity index (χ1n) is 6.36. The summed E-state index contributed by atoms with van der Waals surface area (Å²) in [6, 6.07) is 13.9. The van der Waals surface area contributed by atoms with E-state index in [1.165, 1.54) is 12.1 Å². The molecule has 0 aliphatic heterocycles. The Kier molecular flexibility index (Phi) is 4.74. The lowest BCUT2D eigenvalue weighted by atomic mass is 9.97. The van der Waals surface area contributed by atoms with E-state index in [-0.39, 0.29) is 17.5 Å². The quantitative estimate of drug-likeness (QED) is 0.875. The average Bonchev–Trinajstić information content (AvgIpc) is 2.43. The number of anilines is 1. The summed E-state index contributed by atoms with van der Waals surface area (Å²) in [5.41, 5.74) is 1.24. The van der Waals surface area contributed by atoms with Crippen molar-refractivity contribution in [3.63, 3.8) is 0 Å². The van der Waals surface area contributed by atoms with Crippen LogP contribution in [0.25, 0.3) is 0 Å². The molecule has 2 rings (SSSR count). The van der Waals surface area contributed by atoms with Crippen LogP contribution in [0, 0.1) is 5.82 Å². The molecule has 1 N–H and O–H groups in total. The van der Waals surface area contributed by atoms with Crippen LogP contribution in [-0.2, 0) is 4.79 Å². The van der Waals surface area contributed by atoms with Gasteiger partial charge in [-0.15, -0.1) is 0 Å². The number of hydrogen-bond acceptors (Lipinski definition) is 1. The molecule has 2 aromatic rings. The van der Waals surface area contributed by atoms with Crippen LogP contribution in [0.1, 0.15) is 24.8 Å². The summed E-state index contributed by atoms with van der Waals surface area (Å²) in [5.74, 6) is -0.674. The Balaban J connectivity index is 1.99. The van der Waals surface area contributed by atoms with E-state index in [0.29, 0.717) is 11.4 Å². The van der Waals surface area contributed by atoms with Crippen molar-refractivity contribution in [1.29, 1.82) is 0 Å². The lowest BCUT2D eigenvalue weighted by molar-refractivity contribution is -0.116. The minimum absolute atomic E-state index is 0.0755. The van der Waals surface area contributed by atoms with Gasteiger partial charge in [0.05, 0.1) is 5.69 Å². The summed E-state index contributed by atoms with van der Waals surface area (Å²) in [5, 5.41) is 2.87. The molecule has 0 bridgehead atoms. The minimum atomic E-state index is -0.529. The van der Waals surface area contributed by atoms with Crippen LogP contribution in [0.3, 0.4) is 0 Å². The summed E-state index contributed by atoms with van der Waals surface area (Å²) < 4.78 is 13.6. The van der Waals surface area contributed by atoms with E-state index in [1.807, 2.05) is 37.3 Å². The van der Waals surface area contributed by atoms with Gasteiger partial charge in [0.2, 0.25) is 5.91 Å². The zero-order chi connectivity index (χ0) is 14.5. The summed E-state index contributed by atoms with van der Waals surface area (Å²) in [4.78, 5) is 11.9. The molecule has 0 aliphatic rings. The molecule has 0 aromatic heterocycles. The van der Waals surface area contributed by atoms with Gasteiger partial charge in [0, 0.05) is 11.4 Å². The zero-order valence-electron chi connectivity index (χ0n) is 11.1. The van der Waals surface area contributed by atoms with E-state index in [9.17, 15) is 9.18 Å². The fourth-order valence-electron chi connectivity index (χ4n) is 1.97. The molecule has 0 aliphatic carbocycles. The highest BCUT2D eigenvalue weighted by Crippen LogP contribution is 2.22. The summed E-state index contributed by atoms with van der Waals surface area (Å²) in [6.07, 6.45) is 0.298. The Morgan fingerprint density at radius 2 is 1.95 bits per heavy atom. The van der Waals surface area contributed by atoms with E-state index in [2.05, 4.69) is 5.32 Å². The van der Waals surface area contributed by atoms with Crippen molar-refractivity contribution in [2.45, 2.75) is 19.3 Å². The fraction of sp³-hybridized carbons (Fsp3) is 0.188. The second kappa shape index (κ2) is 6.53. The van der Waals surface area contributed by atoms with Crippen molar-refractivity contribution in [3.8, 4) is 0 Å². The Bertz CT molecular complexity index is 601. The number of carbonyl (C=O) groups is 1. The molecule has 20 heavy (non-hydrogen) atoms. The van der Waals surface area contributed by atoms with E-state index < -0.39 is 5.82 Å². The van der Waals surface area contributed by atoms with Crippen LogP contribution in [-0.4, -0.2) is 5.91 Å². The molecule has 2 nitrogen and oxygen atoms in total. The zero-order valence-corrected chi connectivity index (χ0v) is 11.8. The third-order valence-electron chi connectivity index (χ3n) is 3.07. The number of carbonyl (C=O) groups excluding carboxylic acids is 1.